The molecule has 0 unspecified atom stereocenters. The molecule has 64 valence electrons. The lowest BCUT2D eigenvalue weighted by molar-refractivity contribution is 0.0697. The van der Waals surface area contributed by atoms with Crippen molar-refractivity contribution >= 4 is 11.8 Å². The van der Waals surface area contributed by atoms with Crippen LogP contribution in [0.2, 0.25) is 0 Å². The molecule has 0 saturated carbocycles. The molecule has 0 fully saturated rings. The van der Waals surface area contributed by atoms with Crippen LogP contribution in [0.25, 0.3) is 0 Å². The summed E-state index contributed by atoms with van der Waals surface area (Å²) in [5.41, 5.74) is 5.25. The number of rotatable bonds is 2. The summed E-state index contributed by atoms with van der Waals surface area (Å²) in [4.78, 5) is 14.2. The van der Waals surface area contributed by atoms with Crippen molar-refractivity contribution < 1.29 is 14.6 Å². The van der Waals surface area contributed by atoms with Crippen molar-refractivity contribution in [3.63, 3.8) is 0 Å². The molecule has 0 radical (unpaired) electrons. The number of methoxy groups -OCH3 is 1. The third-order valence-corrected chi connectivity index (χ3v) is 1.36. The highest BCUT2D eigenvalue weighted by atomic mass is 16.5. The number of nitrogen functional groups attached to an aromatic ring is 1. The SMILES string of the molecule is COc1cnc(N)c(C(=O)O)c1. The number of nitrogens with two attached hydrogens (primary N) is 1. The summed E-state index contributed by atoms with van der Waals surface area (Å²) < 4.78 is 4.78. The molecular formula is C7H8N2O3. The third kappa shape index (κ3) is 1.45. The van der Waals surface area contributed by atoms with Gasteiger partial charge in [-0.3, -0.25) is 0 Å². The summed E-state index contributed by atoms with van der Waals surface area (Å²) in [7, 11) is 1.43. The molecule has 5 heteroatoms. The van der Waals surface area contributed by atoms with Crippen LogP contribution in [0.1, 0.15) is 10.4 Å². The minimum atomic E-state index is -1.11. The summed E-state index contributed by atoms with van der Waals surface area (Å²) in [6.45, 7) is 0. The normalized spacial score (nSPS) is 9.42. The van der Waals surface area contributed by atoms with Gasteiger partial charge in [-0.2, -0.15) is 0 Å². The molecule has 1 rings (SSSR count). The maximum atomic E-state index is 10.5. The average molecular weight is 168 g/mol. The summed E-state index contributed by atoms with van der Waals surface area (Å²) in [5.74, 6) is -0.746. The van der Waals surface area contributed by atoms with Crippen molar-refractivity contribution in [1.82, 2.24) is 4.98 Å². The average Bonchev–Trinajstić information content (AvgIpc) is 2.05. The number of carboxylic acid groups (broad SMARTS) is 1. The predicted octanol–water partition coefficient (Wildman–Crippen LogP) is 0.371. The van der Waals surface area contributed by atoms with Crippen molar-refractivity contribution in [3.05, 3.63) is 17.8 Å². The van der Waals surface area contributed by atoms with Gasteiger partial charge in [0.05, 0.1) is 13.3 Å². The number of hydrogen-bond donors (Lipinski definition) is 2. The number of aromatic nitrogens is 1. The van der Waals surface area contributed by atoms with Crippen molar-refractivity contribution in [2.75, 3.05) is 12.8 Å². The third-order valence-electron chi connectivity index (χ3n) is 1.36. The molecule has 12 heavy (non-hydrogen) atoms. The molecule has 1 aromatic rings. The molecule has 0 saturated heterocycles. The zero-order valence-electron chi connectivity index (χ0n) is 6.44. The topological polar surface area (TPSA) is 85.4 Å². The number of nitrogens with zero attached hydrogens (tertiary/aromatic N) is 1. The van der Waals surface area contributed by atoms with Gasteiger partial charge in [-0.15, -0.1) is 0 Å². The minimum absolute atomic E-state index is 0.0108. The van der Waals surface area contributed by atoms with Gasteiger partial charge in [0, 0.05) is 0 Å². The van der Waals surface area contributed by atoms with Gasteiger partial charge < -0.3 is 15.6 Å². The van der Waals surface area contributed by atoms with Gasteiger partial charge in [0.15, 0.2) is 0 Å². The van der Waals surface area contributed by atoms with Crippen LogP contribution in [0.5, 0.6) is 5.75 Å². The smallest absolute Gasteiger partial charge is 0.339 e. The summed E-state index contributed by atoms with van der Waals surface area (Å²) in [6, 6.07) is 1.32. The first-order valence-corrected chi connectivity index (χ1v) is 3.18. The Hall–Kier alpha value is -1.78. The predicted molar refractivity (Wildman–Crippen MR) is 42.2 cm³/mol. The van der Waals surface area contributed by atoms with Crippen molar-refractivity contribution in [3.8, 4) is 5.75 Å². The van der Waals surface area contributed by atoms with Gasteiger partial charge in [0.1, 0.15) is 17.1 Å². The largest absolute Gasteiger partial charge is 0.495 e. The fourth-order valence-corrected chi connectivity index (χ4v) is 0.739. The maximum Gasteiger partial charge on any atom is 0.339 e. The van der Waals surface area contributed by atoms with Crippen molar-refractivity contribution in [2.24, 2.45) is 0 Å². The monoisotopic (exact) mass is 168 g/mol. The van der Waals surface area contributed by atoms with E-state index in [0.717, 1.165) is 0 Å². The Bertz CT molecular complexity index is 312. The molecule has 1 aromatic heterocycles. The van der Waals surface area contributed by atoms with Gasteiger partial charge in [0.25, 0.3) is 0 Å². The Balaban J connectivity index is 3.17. The first-order valence-electron chi connectivity index (χ1n) is 3.18. The summed E-state index contributed by atoms with van der Waals surface area (Å²) in [6.07, 6.45) is 1.36. The van der Waals surface area contributed by atoms with Crippen LogP contribution in [0, 0.1) is 0 Å². The highest BCUT2D eigenvalue weighted by Crippen LogP contribution is 2.15. The van der Waals surface area contributed by atoms with Gasteiger partial charge in [-0.25, -0.2) is 9.78 Å². The number of carboxylic acids is 1. The highest BCUT2D eigenvalue weighted by Gasteiger charge is 2.09. The van der Waals surface area contributed by atoms with E-state index in [4.69, 9.17) is 15.6 Å². The number of carbonyl (C=O) groups is 1. The Morgan fingerprint density at radius 1 is 1.75 bits per heavy atom. The quantitative estimate of drug-likeness (QED) is 0.666. The maximum absolute atomic E-state index is 10.5. The lowest BCUT2D eigenvalue weighted by atomic mass is 10.2. The highest BCUT2D eigenvalue weighted by molar-refractivity contribution is 5.92. The van der Waals surface area contributed by atoms with Gasteiger partial charge in [-0.05, 0) is 6.07 Å². The standard InChI is InChI=1S/C7H8N2O3/c1-12-4-2-5(7(10)11)6(8)9-3-4/h2-3H,1H3,(H2,8,9)(H,10,11). The lowest BCUT2D eigenvalue weighted by Crippen LogP contribution is -2.04. The lowest BCUT2D eigenvalue weighted by Gasteiger charge is -2.02. The number of ether oxygens (including phenoxy) is 1. The molecule has 0 atom stereocenters. The van der Waals surface area contributed by atoms with E-state index in [2.05, 4.69) is 4.98 Å². The summed E-state index contributed by atoms with van der Waals surface area (Å²) >= 11 is 0. The molecule has 0 aliphatic carbocycles. The number of anilines is 1. The minimum Gasteiger partial charge on any atom is -0.495 e. The molecule has 0 bridgehead atoms. The second-order valence-corrected chi connectivity index (χ2v) is 2.11. The van der Waals surface area contributed by atoms with Gasteiger partial charge >= 0.3 is 5.97 Å². The van der Waals surface area contributed by atoms with E-state index in [0.29, 0.717) is 5.75 Å². The van der Waals surface area contributed by atoms with Crippen LogP contribution in [0.3, 0.4) is 0 Å². The van der Waals surface area contributed by atoms with Gasteiger partial charge in [-0.1, -0.05) is 0 Å². The van der Waals surface area contributed by atoms with Crippen LogP contribution in [0.4, 0.5) is 5.82 Å². The van der Waals surface area contributed by atoms with E-state index in [1.165, 1.54) is 19.4 Å². The summed E-state index contributed by atoms with van der Waals surface area (Å²) in [5, 5.41) is 8.61. The van der Waals surface area contributed by atoms with Crippen LogP contribution < -0.4 is 10.5 Å². The van der Waals surface area contributed by atoms with Crippen molar-refractivity contribution in [2.45, 2.75) is 0 Å². The zero-order chi connectivity index (χ0) is 9.14. The second-order valence-electron chi connectivity index (χ2n) is 2.11. The van der Waals surface area contributed by atoms with E-state index >= 15 is 0 Å². The Morgan fingerprint density at radius 3 is 2.92 bits per heavy atom. The molecule has 0 aliphatic rings. The van der Waals surface area contributed by atoms with E-state index in [-0.39, 0.29) is 11.4 Å². The molecule has 0 aromatic carbocycles. The molecule has 1 heterocycles. The number of aromatic carboxylic acids is 1. The Morgan fingerprint density at radius 2 is 2.42 bits per heavy atom. The van der Waals surface area contributed by atoms with Crippen LogP contribution >= 0.6 is 0 Å². The van der Waals surface area contributed by atoms with E-state index in [1.54, 1.807) is 0 Å². The second kappa shape index (κ2) is 3.08. The molecule has 5 nitrogen and oxygen atoms in total. The first kappa shape index (κ1) is 8.32. The van der Waals surface area contributed by atoms with Crippen LogP contribution in [-0.4, -0.2) is 23.2 Å². The Kier molecular flexibility index (Phi) is 2.14. The Labute approximate surface area is 68.8 Å². The van der Waals surface area contributed by atoms with E-state index in [1.807, 2.05) is 0 Å². The molecule has 0 amide bonds. The number of hydrogen-bond acceptors (Lipinski definition) is 4. The van der Waals surface area contributed by atoms with Gasteiger partial charge in [0.2, 0.25) is 0 Å². The fourth-order valence-electron chi connectivity index (χ4n) is 0.739. The molecular weight excluding hydrogens is 160 g/mol. The molecule has 0 spiro atoms. The number of pyridine rings is 1. The van der Waals surface area contributed by atoms with Crippen molar-refractivity contribution in [1.29, 1.82) is 0 Å². The molecule has 3 N–H and O–H groups in total. The van der Waals surface area contributed by atoms with E-state index < -0.39 is 5.97 Å². The fraction of sp³-hybridized carbons (Fsp3) is 0.143. The molecule has 0 aliphatic heterocycles. The first-order chi connectivity index (χ1) is 5.65. The van der Waals surface area contributed by atoms with Crippen LogP contribution in [0.15, 0.2) is 12.3 Å². The zero-order valence-corrected chi connectivity index (χ0v) is 6.44. The van der Waals surface area contributed by atoms with E-state index in [9.17, 15) is 4.79 Å². The van der Waals surface area contributed by atoms with Crippen LogP contribution in [-0.2, 0) is 0 Å².